The fourth-order valence-electron chi connectivity index (χ4n) is 7.32. The Bertz CT molecular complexity index is 802. The smallest absolute Gasteiger partial charge is 0.305 e. The molecule has 1 amide bonds. The lowest BCUT2D eigenvalue weighted by Gasteiger charge is -2.22. The molecule has 6 nitrogen and oxygen atoms in total. The Morgan fingerprint density at radius 3 is 1.37 bits per heavy atom. The van der Waals surface area contributed by atoms with E-state index in [1.807, 2.05) is 0 Å². The number of rotatable bonds is 44. The van der Waals surface area contributed by atoms with Crippen molar-refractivity contribution >= 4 is 11.9 Å². The van der Waals surface area contributed by atoms with E-state index in [2.05, 4.69) is 31.3 Å². The molecule has 2 atom stereocenters. The lowest BCUT2D eigenvalue weighted by atomic mass is 10.0. The standard InChI is InChI=1S/C48H93NO5/c1-3-5-7-9-11-13-15-21-24-28-32-36-40-46(51)45(44-50)49-47(52)41-37-33-29-25-22-18-16-17-19-23-27-31-35-39-43-54-48(53)42-38-34-30-26-20-14-12-10-8-6-4-2/h10,12,45-46,50-51H,3-9,11,13-44H2,1-2H3,(H,49,52)/b12-10-. The fraction of sp³-hybridized carbons (Fsp3) is 0.917. The molecule has 0 heterocycles. The van der Waals surface area contributed by atoms with Gasteiger partial charge in [0, 0.05) is 12.8 Å². The highest BCUT2D eigenvalue weighted by molar-refractivity contribution is 5.76. The molecule has 0 radical (unpaired) electrons. The van der Waals surface area contributed by atoms with Crippen molar-refractivity contribution in [2.75, 3.05) is 13.2 Å². The van der Waals surface area contributed by atoms with Crippen LogP contribution in [-0.2, 0) is 14.3 Å². The monoisotopic (exact) mass is 764 g/mol. The minimum Gasteiger partial charge on any atom is -0.466 e. The van der Waals surface area contributed by atoms with E-state index >= 15 is 0 Å². The molecule has 0 aliphatic rings. The van der Waals surface area contributed by atoms with Gasteiger partial charge < -0.3 is 20.3 Å². The largest absolute Gasteiger partial charge is 0.466 e. The van der Waals surface area contributed by atoms with Gasteiger partial charge in [0.2, 0.25) is 5.91 Å². The van der Waals surface area contributed by atoms with Crippen LogP contribution in [0.3, 0.4) is 0 Å². The molecular formula is C48H93NO5. The normalized spacial score (nSPS) is 12.7. The van der Waals surface area contributed by atoms with Gasteiger partial charge in [0.25, 0.3) is 0 Å². The van der Waals surface area contributed by atoms with Gasteiger partial charge in [-0.2, -0.15) is 0 Å². The SMILES string of the molecule is CCCC/C=C\CCCCCCCC(=O)OCCCCCCCCCCCCCCCCC(=O)NC(CO)C(O)CCCCCCCCCCCCCC. The first-order chi connectivity index (χ1) is 26.5. The Balaban J connectivity index is 3.45. The molecule has 6 heteroatoms. The Kier molecular flexibility index (Phi) is 43.2. The molecule has 0 rings (SSSR count). The predicted molar refractivity (Wildman–Crippen MR) is 232 cm³/mol. The van der Waals surface area contributed by atoms with Crippen LogP contribution in [0, 0.1) is 0 Å². The highest BCUT2D eigenvalue weighted by Crippen LogP contribution is 2.16. The number of carbonyl (C=O) groups is 2. The maximum absolute atomic E-state index is 12.4. The zero-order valence-electron chi connectivity index (χ0n) is 36.2. The van der Waals surface area contributed by atoms with Gasteiger partial charge in [0.05, 0.1) is 25.4 Å². The van der Waals surface area contributed by atoms with Crippen LogP contribution < -0.4 is 5.32 Å². The fourth-order valence-corrected chi connectivity index (χ4v) is 7.32. The molecule has 0 spiro atoms. The van der Waals surface area contributed by atoms with Gasteiger partial charge in [0.1, 0.15) is 0 Å². The Morgan fingerprint density at radius 1 is 0.500 bits per heavy atom. The molecule has 0 aliphatic heterocycles. The van der Waals surface area contributed by atoms with E-state index in [1.165, 1.54) is 173 Å². The van der Waals surface area contributed by atoms with Crippen LogP contribution in [0.15, 0.2) is 12.2 Å². The van der Waals surface area contributed by atoms with E-state index in [-0.39, 0.29) is 18.5 Å². The third-order valence-corrected chi connectivity index (χ3v) is 11.1. The summed E-state index contributed by atoms with van der Waals surface area (Å²) in [5.41, 5.74) is 0. The third-order valence-electron chi connectivity index (χ3n) is 11.1. The summed E-state index contributed by atoms with van der Waals surface area (Å²) < 4.78 is 5.43. The number of allylic oxidation sites excluding steroid dienone is 2. The van der Waals surface area contributed by atoms with Crippen molar-refractivity contribution in [2.45, 2.75) is 270 Å². The van der Waals surface area contributed by atoms with Crippen molar-refractivity contribution in [3.63, 3.8) is 0 Å². The van der Waals surface area contributed by atoms with Crippen molar-refractivity contribution in [3.8, 4) is 0 Å². The number of unbranched alkanes of at least 4 members (excludes halogenated alkanes) is 31. The molecule has 0 saturated heterocycles. The molecular weight excluding hydrogens is 671 g/mol. The summed E-state index contributed by atoms with van der Waals surface area (Å²) in [4.78, 5) is 24.4. The average Bonchev–Trinajstić information content (AvgIpc) is 3.17. The van der Waals surface area contributed by atoms with Gasteiger partial charge in [-0.3, -0.25) is 9.59 Å². The van der Waals surface area contributed by atoms with Gasteiger partial charge >= 0.3 is 5.97 Å². The Morgan fingerprint density at radius 2 is 0.889 bits per heavy atom. The number of hydrogen-bond acceptors (Lipinski definition) is 5. The lowest BCUT2D eigenvalue weighted by molar-refractivity contribution is -0.143. The molecule has 54 heavy (non-hydrogen) atoms. The molecule has 0 fully saturated rings. The number of carbonyl (C=O) groups excluding carboxylic acids is 2. The number of esters is 1. The van der Waals surface area contributed by atoms with Crippen molar-refractivity contribution in [1.29, 1.82) is 0 Å². The van der Waals surface area contributed by atoms with Gasteiger partial charge in [-0.15, -0.1) is 0 Å². The zero-order valence-corrected chi connectivity index (χ0v) is 36.2. The van der Waals surface area contributed by atoms with Crippen LogP contribution in [0.2, 0.25) is 0 Å². The van der Waals surface area contributed by atoms with E-state index in [9.17, 15) is 19.8 Å². The summed E-state index contributed by atoms with van der Waals surface area (Å²) in [6.45, 7) is 4.88. The van der Waals surface area contributed by atoms with Crippen LogP contribution in [0.4, 0.5) is 0 Å². The van der Waals surface area contributed by atoms with Crippen LogP contribution in [-0.4, -0.2) is 47.4 Å². The van der Waals surface area contributed by atoms with Gasteiger partial charge in [-0.25, -0.2) is 0 Å². The van der Waals surface area contributed by atoms with E-state index in [0.29, 0.717) is 25.9 Å². The van der Waals surface area contributed by atoms with Crippen LogP contribution in [0.1, 0.15) is 258 Å². The van der Waals surface area contributed by atoms with Gasteiger partial charge in [0.15, 0.2) is 0 Å². The van der Waals surface area contributed by atoms with Gasteiger partial charge in [-0.1, -0.05) is 212 Å². The highest BCUT2D eigenvalue weighted by atomic mass is 16.5. The summed E-state index contributed by atoms with van der Waals surface area (Å²) in [7, 11) is 0. The van der Waals surface area contributed by atoms with Crippen molar-refractivity contribution < 1.29 is 24.5 Å². The molecule has 0 aromatic heterocycles. The number of hydrogen-bond donors (Lipinski definition) is 3. The van der Waals surface area contributed by atoms with E-state index in [1.54, 1.807) is 0 Å². The predicted octanol–water partition coefficient (Wildman–Crippen LogP) is 13.8. The summed E-state index contributed by atoms with van der Waals surface area (Å²) in [5.74, 6) is -0.0599. The van der Waals surface area contributed by atoms with Crippen molar-refractivity contribution in [1.82, 2.24) is 5.32 Å². The van der Waals surface area contributed by atoms with Crippen molar-refractivity contribution in [2.24, 2.45) is 0 Å². The first-order valence-corrected chi connectivity index (χ1v) is 23.9. The number of amides is 1. The van der Waals surface area contributed by atoms with Crippen LogP contribution in [0.5, 0.6) is 0 Å². The molecule has 0 bridgehead atoms. The minimum absolute atomic E-state index is 0.0135. The molecule has 0 aliphatic carbocycles. The quantitative estimate of drug-likeness (QED) is 0.0326. The lowest BCUT2D eigenvalue weighted by Crippen LogP contribution is -2.45. The molecule has 2 unspecified atom stereocenters. The number of ether oxygens (including phenoxy) is 1. The summed E-state index contributed by atoms with van der Waals surface area (Å²) in [6, 6.07) is -0.547. The van der Waals surface area contributed by atoms with Gasteiger partial charge in [-0.05, 0) is 44.9 Å². The van der Waals surface area contributed by atoms with Crippen molar-refractivity contribution in [3.05, 3.63) is 12.2 Å². The summed E-state index contributed by atoms with van der Waals surface area (Å²) in [6.07, 6.45) is 48.8. The van der Waals surface area contributed by atoms with Crippen LogP contribution in [0.25, 0.3) is 0 Å². The summed E-state index contributed by atoms with van der Waals surface area (Å²) in [5, 5.41) is 23.1. The highest BCUT2D eigenvalue weighted by Gasteiger charge is 2.20. The zero-order chi connectivity index (χ0) is 39.4. The third kappa shape index (κ3) is 40.3. The number of aliphatic hydroxyl groups excluding tert-OH is 2. The first-order valence-electron chi connectivity index (χ1n) is 23.9. The second kappa shape index (κ2) is 44.3. The van der Waals surface area contributed by atoms with E-state index in [0.717, 1.165) is 51.4 Å². The van der Waals surface area contributed by atoms with Crippen LogP contribution >= 0.6 is 0 Å². The topological polar surface area (TPSA) is 95.9 Å². The Hall–Kier alpha value is -1.40. The average molecular weight is 764 g/mol. The maximum atomic E-state index is 12.4. The van der Waals surface area contributed by atoms with E-state index < -0.39 is 12.1 Å². The maximum Gasteiger partial charge on any atom is 0.305 e. The Labute approximate surface area is 336 Å². The number of nitrogens with one attached hydrogen (secondary N) is 1. The second-order valence-electron chi connectivity index (χ2n) is 16.4. The minimum atomic E-state index is -0.669. The summed E-state index contributed by atoms with van der Waals surface area (Å²) >= 11 is 0. The second-order valence-corrected chi connectivity index (χ2v) is 16.4. The molecule has 0 aromatic carbocycles. The first kappa shape index (κ1) is 52.6. The molecule has 3 N–H and O–H groups in total. The van der Waals surface area contributed by atoms with E-state index in [4.69, 9.17) is 4.74 Å². The number of aliphatic hydroxyl groups is 2. The molecule has 320 valence electrons. The molecule has 0 saturated carbocycles. The molecule has 0 aromatic rings.